The van der Waals surface area contributed by atoms with Crippen molar-refractivity contribution in [3.8, 4) is 0 Å². The van der Waals surface area contributed by atoms with Crippen LogP contribution in [0.2, 0.25) is 0 Å². The minimum atomic E-state index is -0.106. The molecule has 150 valence electrons. The molecule has 0 radical (unpaired) electrons. The van der Waals surface area contributed by atoms with Gasteiger partial charge >= 0.3 is 0 Å². The van der Waals surface area contributed by atoms with Crippen LogP contribution in [0.5, 0.6) is 0 Å². The molecule has 2 unspecified atom stereocenters. The molecule has 1 N–H and O–H groups in total. The number of nitrogens with zero attached hydrogens (tertiary/aromatic N) is 5. The van der Waals surface area contributed by atoms with E-state index in [1.54, 1.807) is 12.4 Å². The zero-order chi connectivity index (χ0) is 20.7. The average molecular weight is 396 g/mol. The smallest absolute Gasteiger partial charge is 0.178 e. The highest BCUT2D eigenvalue weighted by atomic mass is 15.5. The van der Waals surface area contributed by atoms with Crippen molar-refractivity contribution in [1.82, 2.24) is 20.2 Å². The molecule has 1 aromatic heterocycles. The van der Waals surface area contributed by atoms with Gasteiger partial charge in [0.2, 0.25) is 0 Å². The zero-order valence-corrected chi connectivity index (χ0v) is 17.1. The van der Waals surface area contributed by atoms with E-state index < -0.39 is 0 Å². The summed E-state index contributed by atoms with van der Waals surface area (Å²) in [5, 5.41) is 3.52. The molecule has 0 aliphatic carbocycles. The van der Waals surface area contributed by atoms with E-state index in [1.807, 2.05) is 25.3 Å². The number of likely N-dealkylation sites (N-methyl/N-ethyl adjacent to an activating group) is 1. The summed E-state index contributed by atoms with van der Waals surface area (Å²) in [6, 6.07) is 18.7. The van der Waals surface area contributed by atoms with E-state index in [4.69, 9.17) is 9.97 Å². The van der Waals surface area contributed by atoms with E-state index in [1.165, 1.54) is 0 Å². The Hall–Kier alpha value is -3.80. The Morgan fingerprint density at radius 1 is 0.933 bits per heavy atom. The normalized spacial score (nSPS) is 19.7. The van der Waals surface area contributed by atoms with Gasteiger partial charge in [0.25, 0.3) is 0 Å². The molecule has 2 aliphatic rings. The van der Waals surface area contributed by atoms with Crippen LogP contribution in [0.4, 0.5) is 23.0 Å². The molecule has 30 heavy (non-hydrogen) atoms. The first-order valence-corrected chi connectivity index (χ1v) is 10.0. The number of para-hydroxylation sites is 2. The molecule has 0 fully saturated rings. The fraction of sp³-hybridized carbons (Fsp3) is 0.167. The van der Waals surface area contributed by atoms with E-state index in [0.717, 1.165) is 34.1 Å². The Bertz CT molecular complexity index is 1110. The maximum atomic E-state index is 4.77. The number of hydrogen-bond donors (Lipinski definition) is 1. The van der Waals surface area contributed by atoms with Gasteiger partial charge < -0.3 is 10.2 Å². The second-order valence-corrected chi connectivity index (χ2v) is 7.58. The third kappa shape index (κ3) is 2.80. The molecule has 0 saturated carbocycles. The van der Waals surface area contributed by atoms with Crippen molar-refractivity contribution in [3.63, 3.8) is 0 Å². The summed E-state index contributed by atoms with van der Waals surface area (Å²) >= 11 is 0. The summed E-state index contributed by atoms with van der Waals surface area (Å²) in [6.45, 7) is 6.25. The quantitative estimate of drug-likeness (QED) is 0.703. The third-order valence-electron chi connectivity index (χ3n) is 5.60. The fourth-order valence-electron chi connectivity index (χ4n) is 4.24. The van der Waals surface area contributed by atoms with Crippen LogP contribution in [-0.4, -0.2) is 34.2 Å². The van der Waals surface area contributed by atoms with Crippen molar-refractivity contribution in [1.29, 1.82) is 0 Å². The van der Waals surface area contributed by atoms with Gasteiger partial charge in [0.1, 0.15) is 6.17 Å². The summed E-state index contributed by atoms with van der Waals surface area (Å²) in [4.78, 5) is 16.2. The molecular formula is C24H24N6. The second kappa shape index (κ2) is 7.22. The lowest BCUT2D eigenvalue weighted by molar-refractivity contribution is 0.287. The molecule has 2 aliphatic heterocycles. The van der Waals surface area contributed by atoms with Gasteiger partial charge in [-0.3, -0.25) is 9.80 Å². The molecule has 0 spiro atoms. The lowest BCUT2D eigenvalue weighted by Gasteiger charge is -2.39. The average Bonchev–Trinajstić information content (AvgIpc) is 3.34. The molecule has 5 rings (SSSR count). The van der Waals surface area contributed by atoms with Gasteiger partial charge in [-0.25, -0.2) is 9.97 Å². The summed E-state index contributed by atoms with van der Waals surface area (Å²) < 4.78 is 0. The number of fused-ring (bicyclic) bond motifs is 1. The van der Waals surface area contributed by atoms with Crippen molar-refractivity contribution in [3.05, 3.63) is 91.5 Å². The second-order valence-electron chi connectivity index (χ2n) is 7.58. The first-order chi connectivity index (χ1) is 14.7. The molecule has 2 aromatic carbocycles. The number of rotatable bonds is 4. The number of allylic oxidation sites excluding steroid dienone is 1. The number of nitrogens with one attached hydrogen (secondary N) is 1. The molecule has 3 aromatic rings. The van der Waals surface area contributed by atoms with Gasteiger partial charge in [-0.05, 0) is 30.7 Å². The minimum Gasteiger partial charge on any atom is -0.367 e. The Morgan fingerprint density at radius 3 is 2.27 bits per heavy atom. The van der Waals surface area contributed by atoms with Crippen LogP contribution in [0.1, 0.15) is 12.5 Å². The monoisotopic (exact) mass is 396 g/mol. The third-order valence-corrected chi connectivity index (χ3v) is 5.60. The Morgan fingerprint density at radius 2 is 1.60 bits per heavy atom. The summed E-state index contributed by atoms with van der Waals surface area (Å²) in [6.07, 6.45) is 7.44. The van der Waals surface area contributed by atoms with Crippen molar-refractivity contribution >= 4 is 28.6 Å². The van der Waals surface area contributed by atoms with Gasteiger partial charge in [0.15, 0.2) is 17.8 Å². The highest BCUT2D eigenvalue weighted by Crippen LogP contribution is 2.47. The zero-order valence-electron chi connectivity index (χ0n) is 17.1. The Kier molecular flexibility index (Phi) is 4.39. The topological polar surface area (TPSA) is 47.5 Å². The van der Waals surface area contributed by atoms with Crippen LogP contribution in [0.25, 0.3) is 5.57 Å². The number of aromatic nitrogens is 2. The number of benzene rings is 2. The molecule has 2 atom stereocenters. The molecule has 6 nitrogen and oxygen atoms in total. The van der Waals surface area contributed by atoms with E-state index in [0.29, 0.717) is 0 Å². The standard InChI is InChI=1S/C24H24N6/c1-17(2)19-11-7-8-12-20(19)30-22-21(25-13-14-26-22)29(18-9-5-4-6-10-18)24(30)23-27-15-16-28(23)3/h4-16,23-24,27H,1H2,2-3H3. The lowest BCUT2D eigenvalue weighted by Crippen LogP contribution is -2.56. The highest BCUT2D eigenvalue weighted by Gasteiger charge is 2.46. The summed E-state index contributed by atoms with van der Waals surface area (Å²) in [5.41, 5.74) is 4.25. The Balaban J connectivity index is 1.75. The lowest BCUT2D eigenvalue weighted by atomic mass is 10.1. The van der Waals surface area contributed by atoms with Crippen molar-refractivity contribution in [2.45, 2.75) is 19.3 Å². The molecule has 0 saturated heterocycles. The maximum Gasteiger partial charge on any atom is 0.178 e. The van der Waals surface area contributed by atoms with Crippen LogP contribution >= 0.6 is 0 Å². The van der Waals surface area contributed by atoms with E-state index in [2.05, 4.69) is 82.3 Å². The minimum absolute atomic E-state index is 0.000571. The van der Waals surface area contributed by atoms with Crippen LogP contribution in [0.3, 0.4) is 0 Å². The molecular weight excluding hydrogens is 372 g/mol. The van der Waals surface area contributed by atoms with Crippen molar-refractivity contribution in [2.24, 2.45) is 0 Å². The largest absolute Gasteiger partial charge is 0.367 e. The van der Waals surface area contributed by atoms with Crippen LogP contribution in [0, 0.1) is 0 Å². The number of hydrogen-bond acceptors (Lipinski definition) is 6. The fourth-order valence-corrected chi connectivity index (χ4v) is 4.24. The molecule has 3 heterocycles. The number of anilines is 4. The molecule has 6 heteroatoms. The van der Waals surface area contributed by atoms with Gasteiger partial charge in [0.05, 0.1) is 5.69 Å². The first kappa shape index (κ1) is 18.2. The maximum absolute atomic E-state index is 4.77. The van der Waals surface area contributed by atoms with Crippen molar-refractivity contribution in [2.75, 3.05) is 16.8 Å². The van der Waals surface area contributed by atoms with Crippen LogP contribution in [-0.2, 0) is 0 Å². The van der Waals surface area contributed by atoms with E-state index in [9.17, 15) is 0 Å². The summed E-state index contributed by atoms with van der Waals surface area (Å²) in [5.74, 6) is 1.68. The van der Waals surface area contributed by atoms with E-state index in [-0.39, 0.29) is 12.3 Å². The van der Waals surface area contributed by atoms with Gasteiger partial charge in [0, 0.05) is 43.1 Å². The van der Waals surface area contributed by atoms with Crippen LogP contribution in [0.15, 0.2) is 86.0 Å². The van der Waals surface area contributed by atoms with Gasteiger partial charge in [-0.2, -0.15) is 0 Å². The SMILES string of the molecule is C=C(C)c1ccccc1N1c2nccnc2N(c2ccccc2)C1C1NC=CN1C. The predicted molar refractivity (Wildman–Crippen MR) is 122 cm³/mol. The first-order valence-electron chi connectivity index (χ1n) is 10.0. The summed E-state index contributed by atoms with van der Waals surface area (Å²) in [7, 11) is 2.08. The van der Waals surface area contributed by atoms with E-state index >= 15 is 0 Å². The molecule has 0 bridgehead atoms. The van der Waals surface area contributed by atoms with Gasteiger partial charge in [-0.15, -0.1) is 0 Å². The van der Waals surface area contributed by atoms with Crippen molar-refractivity contribution < 1.29 is 0 Å². The Labute approximate surface area is 176 Å². The van der Waals surface area contributed by atoms with Crippen LogP contribution < -0.4 is 15.1 Å². The molecule has 0 amide bonds. The highest BCUT2D eigenvalue weighted by molar-refractivity contribution is 5.87. The van der Waals surface area contributed by atoms with Gasteiger partial charge in [-0.1, -0.05) is 43.0 Å². The predicted octanol–water partition coefficient (Wildman–Crippen LogP) is 4.46.